The third-order valence-corrected chi connectivity index (χ3v) is 7.10. The van der Waals surface area contributed by atoms with Crippen molar-refractivity contribution in [1.29, 1.82) is 0 Å². The lowest BCUT2D eigenvalue weighted by atomic mass is 10.2. The molecular weight excluding hydrogens is 310 g/mol. The molecule has 2 unspecified atom stereocenters. The number of sulfonamides is 1. The van der Waals surface area contributed by atoms with Crippen LogP contribution in [0.15, 0.2) is 29.2 Å². The second-order valence-corrected chi connectivity index (χ2v) is 7.94. The van der Waals surface area contributed by atoms with Gasteiger partial charge in [-0.1, -0.05) is 26.0 Å². The maximum atomic E-state index is 12.8. The topological polar surface area (TPSA) is 74.7 Å². The van der Waals surface area contributed by atoms with Crippen LogP contribution in [0.5, 0.6) is 0 Å². The lowest BCUT2D eigenvalue weighted by Crippen LogP contribution is -2.45. The lowest BCUT2D eigenvalue weighted by Gasteiger charge is -2.25. The summed E-state index contributed by atoms with van der Waals surface area (Å²) in [4.78, 5) is 11.5. The number of carbonyl (C=O) groups is 1. The molecule has 0 bridgehead atoms. The number of aryl methyl sites for hydroxylation is 1. The highest BCUT2D eigenvalue weighted by molar-refractivity contribution is 8.01. The summed E-state index contributed by atoms with van der Waals surface area (Å²) >= 11 is 1.38. The van der Waals surface area contributed by atoms with E-state index in [4.69, 9.17) is 0 Å². The Morgan fingerprint density at radius 1 is 1.33 bits per heavy atom. The smallest absolute Gasteiger partial charge is 0.322 e. The van der Waals surface area contributed by atoms with Gasteiger partial charge in [0.15, 0.2) is 0 Å². The Kier molecular flexibility index (Phi) is 4.95. The van der Waals surface area contributed by atoms with Crippen molar-refractivity contribution < 1.29 is 18.3 Å². The predicted octanol–water partition coefficient (Wildman–Crippen LogP) is 2.18. The number of nitrogens with zero attached hydrogens (tertiary/aromatic N) is 1. The number of carboxylic acids is 1. The molecule has 0 spiro atoms. The highest BCUT2D eigenvalue weighted by Gasteiger charge is 2.45. The normalized spacial score (nSPS) is 23.3. The van der Waals surface area contributed by atoms with Crippen molar-refractivity contribution in [3.63, 3.8) is 0 Å². The third kappa shape index (κ3) is 3.09. The first-order valence-electron chi connectivity index (χ1n) is 6.88. The molecule has 0 saturated carbocycles. The second kappa shape index (κ2) is 6.37. The standard InChI is InChI=1S/C14H19NO4S2/c1-3-10-5-7-11(8-6-10)21(18,19)15-12(14(16)17)9-20-13(15)4-2/h5-8,12-13H,3-4,9H2,1-2H3,(H,16,17). The molecule has 0 aliphatic carbocycles. The summed E-state index contributed by atoms with van der Waals surface area (Å²) in [6.07, 6.45) is 1.41. The van der Waals surface area contributed by atoms with Crippen LogP contribution < -0.4 is 0 Å². The van der Waals surface area contributed by atoms with Gasteiger partial charge in [-0.05, 0) is 30.5 Å². The summed E-state index contributed by atoms with van der Waals surface area (Å²) < 4.78 is 26.7. The van der Waals surface area contributed by atoms with Crippen molar-refractivity contribution in [3.05, 3.63) is 29.8 Å². The van der Waals surface area contributed by atoms with E-state index < -0.39 is 22.0 Å². The van der Waals surface area contributed by atoms with Gasteiger partial charge in [0.1, 0.15) is 6.04 Å². The summed E-state index contributed by atoms with van der Waals surface area (Å²) in [6, 6.07) is 5.67. The molecule has 116 valence electrons. The molecule has 1 aromatic rings. The summed E-state index contributed by atoms with van der Waals surface area (Å²) in [7, 11) is -3.79. The second-order valence-electron chi connectivity index (χ2n) is 4.88. The molecule has 2 atom stereocenters. The Bertz CT molecular complexity index is 612. The van der Waals surface area contributed by atoms with Crippen molar-refractivity contribution in [2.24, 2.45) is 0 Å². The van der Waals surface area contributed by atoms with Crippen LogP contribution in [0.4, 0.5) is 0 Å². The van der Waals surface area contributed by atoms with Crippen molar-refractivity contribution >= 4 is 27.8 Å². The van der Waals surface area contributed by atoms with Crippen LogP contribution in [-0.4, -0.2) is 41.0 Å². The molecule has 21 heavy (non-hydrogen) atoms. The zero-order valence-corrected chi connectivity index (χ0v) is 13.7. The minimum Gasteiger partial charge on any atom is -0.480 e. The van der Waals surface area contributed by atoms with Gasteiger partial charge in [-0.25, -0.2) is 8.42 Å². The number of hydrogen-bond acceptors (Lipinski definition) is 4. The fraction of sp³-hybridized carbons (Fsp3) is 0.500. The van der Waals surface area contributed by atoms with Crippen LogP contribution >= 0.6 is 11.8 Å². The fourth-order valence-electron chi connectivity index (χ4n) is 2.37. The van der Waals surface area contributed by atoms with E-state index in [1.807, 2.05) is 13.8 Å². The molecule has 2 rings (SSSR count). The number of rotatable bonds is 5. The van der Waals surface area contributed by atoms with E-state index in [0.29, 0.717) is 12.2 Å². The van der Waals surface area contributed by atoms with E-state index in [9.17, 15) is 18.3 Å². The Hall–Kier alpha value is -1.05. The average molecular weight is 329 g/mol. The van der Waals surface area contributed by atoms with Gasteiger partial charge in [-0.2, -0.15) is 4.31 Å². The Morgan fingerprint density at radius 2 is 1.95 bits per heavy atom. The maximum Gasteiger partial charge on any atom is 0.322 e. The fourth-order valence-corrected chi connectivity index (χ4v) is 5.90. The van der Waals surface area contributed by atoms with Gasteiger partial charge in [0, 0.05) is 5.75 Å². The Labute approximate surface area is 129 Å². The molecule has 0 amide bonds. The molecule has 1 heterocycles. The van der Waals surface area contributed by atoms with E-state index in [2.05, 4.69) is 0 Å². The third-order valence-electron chi connectivity index (χ3n) is 3.58. The lowest BCUT2D eigenvalue weighted by molar-refractivity contribution is -0.140. The van der Waals surface area contributed by atoms with E-state index >= 15 is 0 Å². The summed E-state index contributed by atoms with van der Waals surface area (Å²) in [5, 5.41) is 8.95. The quantitative estimate of drug-likeness (QED) is 0.896. The zero-order valence-electron chi connectivity index (χ0n) is 12.0. The van der Waals surface area contributed by atoms with Gasteiger partial charge < -0.3 is 5.11 Å². The first-order chi connectivity index (χ1) is 9.91. The molecule has 1 aliphatic rings. The van der Waals surface area contributed by atoms with E-state index in [0.717, 1.165) is 16.3 Å². The number of benzene rings is 1. The van der Waals surface area contributed by atoms with Crippen LogP contribution in [0, 0.1) is 0 Å². The molecule has 1 aliphatic heterocycles. The number of hydrogen-bond donors (Lipinski definition) is 1. The Morgan fingerprint density at radius 3 is 2.43 bits per heavy atom. The van der Waals surface area contributed by atoms with Crippen molar-refractivity contribution in [2.45, 2.75) is 43.0 Å². The average Bonchev–Trinajstić information content (AvgIpc) is 2.92. The highest BCUT2D eigenvalue weighted by Crippen LogP contribution is 2.36. The van der Waals surface area contributed by atoms with Crippen molar-refractivity contribution in [1.82, 2.24) is 4.31 Å². The molecule has 1 N–H and O–H groups in total. The van der Waals surface area contributed by atoms with Crippen molar-refractivity contribution in [3.8, 4) is 0 Å². The summed E-state index contributed by atoms with van der Waals surface area (Å²) in [6.45, 7) is 3.86. The van der Waals surface area contributed by atoms with Gasteiger partial charge in [0.2, 0.25) is 10.0 Å². The van der Waals surface area contributed by atoms with Crippen LogP contribution in [0.3, 0.4) is 0 Å². The molecule has 5 nitrogen and oxygen atoms in total. The summed E-state index contributed by atoms with van der Waals surface area (Å²) in [5.41, 5.74) is 1.05. The van der Waals surface area contributed by atoms with Crippen LogP contribution in [0.25, 0.3) is 0 Å². The first-order valence-corrected chi connectivity index (χ1v) is 9.37. The SMILES string of the molecule is CCc1ccc(S(=O)(=O)N2C(CC)SCC2C(=O)O)cc1. The van der Waals surface area contributed by atoms with Gasteiger partial charge in [0.25, 0.3) is 0 Å². The molecule has 0 aromatic heterocycles. The molecule has 7 heteroatoms. The predicted molar refractivity (Wildman–Crippen MR) is 82.8 cm³/mol. The van der Waals surface area contributed by atoms with Gasteiger partial charge >= 0.3 is 5.97 Å². The highest BCUT2D eigenvalue weighted by atomic mass is 32.2. The van der Waals surface area contributed by atoms with Gasteiger partial charge in [-0.15, -0.1) is 11.8 Å². The van der Waals surface area contributed by atoms with E-state index in [1.54, 1.807) is 24.3 Å². The monoisotopic (exact) mass is 329 g/mol. The van der Waals surface area contributed by atoms with Gasteiger partial charge in [0.05, 0.1) is 10.3 Å². The number of aliphatic carboxylic acids is 1. The zero-order chi connectivity index (χ0) is 15.6. The first kappa shape index (κ1) is 16.3. The van der Waals surface area contributed by atoms with Crippen LogP contribution in [0.1, 0.15) is 25.8 Å². The van der Waals surface area contributed by atoms with Crippen molar-refractivity contribution in [2.75, 3.05) is 5.75 Å². The minimum atomic E-state index is -3.79. The maximum absolute atomic E-state index is 12.8. The molecular formula is C14H19NO4S2. The van der Waals surface area contributed by atoms with E-state index in [-0.39, 0.29) is 10.3 Å². The molecule has 1 fully saturated rings. The molecule has 1 aromatic carbocycles. The van der Waals surface area contributed by atoms with Gasteiger partial charge in [-0.3, -0.25) is 4.79 Å². The molecule has 1 saturated heterocycles. The van der Waals surface area contributed by atoms with E-state index in [1.165, 1.54) is 11.8 Å². The minimum absolute atomic E-state index is 0.159. The Balaban J connectivity index is 2.41. The number of thioether (sulfide) groups is 1. The molecule has 0 radical (unpaired) electrons. The number of carboxylic acid groups (broad SMARTS) is 1. The summed E-state index contributed by atoms with van der Waals surface area (Å²) in [5.74, 6) is -0.799. The van der Waals surface area contributed by atoms with Crippen LogP contribution in [0.2, 0.25) is 0 Å². The van der Waals surface area contributed by atoms with Crippen LogP contribution in [-0.2, 0) is 21.2 Å². The largest absolute Gasteiger partial charge is 0.480 e.